The van der Waals surface area contributed by atoms with Gasteiger partial charge in [-0.15, -0.1) is 24.0 Å². The van der Waals surface area contributed by atoms with Gasteiger partial charge in [0.15, 0.2) is 5.96 Å². The van der Waals surface area contributed by atoms with Crippen molar-refractivity contribution in [1.82, 2.24) is 25.7 Å². The molecule has 0 bridgehead atoms. The normalized spacial score (nSPS) is 14.4. The van der Waals surface area contributed by atoms with Crippen LogP contribution in [0.25, 0.3) is 0 Å². The summed E-state index contributed by atoms with van der Waals surface area (Å²) in [5.41, 5.74) is 1.05. The summed E-state index contributed by atoms with van der Waals surface area (Å²) in [7, 11) is 3.56. The van der Waals surface area contributed by atoms with E-state index in [0.29, 0.717) is 18.5 Å². The van der Waals surface area contributed by atoms with E-state index >= 15 is 0 Å². The van der Waals surface area contributed by atoms with Crippen LogP contribution in [-0.2, 0) is 18.4 Å². The van der Waals surface area contributed by atoms with Crippen LogP contribution in [0.15, 0.2) is 17.3 Å². The lowest BCUT2D eigenvalue weighted by Gasteiger charge is -2.11. The van der Waals surface area contributed by atoms with Gasteiger partial charge in [-0.3, -0.25) is 14.5 Å². The topological polar surface area (TPSA) is 83.3 Å². The van der Waals surface area contributed by atoms with Crippen molar-refractivity contribution < 1.29 is 4.79 Å². The molecule has 1 fully saturated rings. The van der Waals surface area contributed by atoms with E-state index in [1.807, 2.05) is 13.1 Å². The molecule has 1 saturated carbocycles. The van der Waals surface area contributed by atoms with E-state index in [0.717, 1.165) is 18.5 Å². The fraction of sp³-hybridized carbons (Fsp3) is 0.583. The average Bonchev–Trinajstić information content (AvgIpc) is 3.11. The second kappa shape index (κ2) is 8.08. The molecule has 0 unspecified atom stereocenters. The number of nitrogens with one attached hydrogen (secondary N) is 3. The number of hydrogen-bond acceptors (Lipinski definition) is 3. The van der Waals surface area contributed by atoms with Crippen molar-refractivity contribution in [2.45, 2.75) is 25.4 Å². The summed E-state index contributed by atoms with van der Waals surface area (Å²) in [6.45, 7) is 0.849. The first kappa shape index (κ1) is 16.7. The van der Waals surface area contributed by atoms with Crippen molar-refractivity contribution in [2.24, 2.45) is 12.0 Å². The maximum atomic E-state index is 11.5. The SMILES string of the molecule is CN=C(NCC(=O)NC1CC1)NCc1ccnn1C.I. The summed E-state index contributed by atoms with van der Waals surface area (Å²) in [5.74, 6) is 0.609. The molecular weight excluding hydrogens is 371 g/mol. The van der Waals surface area contributed by atoms with Crippen LogP contribution in [0.3, 0.4) is 0 Å². The number of carbonyl (C=O) groups excluding carboxylic acids is 1. The fourth-order valence-electron chi connectivity index (χ4n) is 1.64. The first-order valence-corrected chi connectivity index (χ1v) is 6.40. The smallest absolute Gasteiger partial charge is 0.239 e. The van der Waals surface area contributed by atoms with Crippen LogP contribution >= 0.6 is 24.0 Å². The molecule has 1 amide bonds. The Morgan fingerprint density at radius 3 is 2.80 bits per heavy atom. The van der Waals surface area contributed by atoms with Gasteiger partial charge < -0.3 is 16.0 Å². The minimum absolute atomic E-state index is 0. The summed E-state index contributed by atoms with van der Waals surface area (Å²) < 4.78 is 1.79. The molecule has 8 heteroatoms. The van der Waals surface area contributed by atoms with Crippen molar-refractivity contribution in [2.75, 3.05) is 13.6 Å². The van der Waals surface area contributed by atoms with Crippen LogP contribution in [0.1, 0.15) is 18.5 Å². The predicted molar refractivity (Wildman–Crippen MR) is 88.0 cm³/mol. The molecule has 0 spiro atoms. The third-order valence-corrected chi connectivity index (χ3v) is 2.94. The van der Waals surface area contributed by atoms with E-state index in [-0.39, 0.29) is 36.4 Å². The Labute approximate surface area is 135 Å². The molecule has 1 aliphatic rings. The van der Waals surface area contributed by atoms with Gasteiger partial charge in [0.1, 0.15) is 0 Å². The Morgan fingerprint density at radius 2 is 2.25 bits per heavy atom. The van der Waals surface area contributed by atoms with Crippen molar-refractivity contribution >= 4 is 35.8 Å². The molecule has 0 radical (unpaired) electrons. The first-order valence-electron chi connectivity index (χ1n) is 6.40. The highest BCUT2D eigenvalue weighted by molar-refractivity contribution is 14.0. The summed E-state index contributed by atoms with van der Waals surface area (Å²) in [5, 5.41) is 13.1. The number of amides is 1. The molecule has 1 aliphatic carbocycles. The lowest BCUT2D eigenvalue weighted by atomic mass is 10.4. The van der Waals surface area contributed by atoms with Crippen LogP contribution in [0, 0.1) is 0 Å². The number of carbonyl (C=O) groups is 1. The van der Waals surface area contributed by atoms with Crippen LogP contribution in [-0.4, -0.2) is 41.3 Å². The molecule has 3 N–H and O–H groups in total. The number of halogens is 1. The molecule has 1 aromatic heterocycles. The van der Waals surface area contributed by atoms with E-state index in [9.17, 15) is 4.79 Å². The molecule has 0 atom stereocenters. The summed E-state index contributed by atoms with van der Waals surface area (Å²) in [6.07, 6.45) is 3.94. The molecule has 0 aromatic carbocycles. The minimum atomic E-state index is 0. The Balaban J connectivity index is 0.00000200. The molecule has 0 aliphatic heterocycles. The number of nitrogens with zero attached hydrogens (tertiary/aromatic N) is 3. The highest BCUT2D eigenvalue weighted by Gasteiger charge is 2.22. The quantitative estimate of drug-likeness (QED) is 0.374. The van der Waals surface area contributed by atoms with Crippen molar-refractivity contribution in [3.05, 3.63) is 18.0 Å². The summed E-state index contributed by atoms with van der Waals surface area (Å²) in [6, 6.07) is 2.32. The fourth-order valence-corrected chi connectivity index (χ4v) is 1.64. The van der Waals surface area contributed by atoms with Crippen LogP contribution in [0.2, 0.25) is 0 Å². The Morgan fingerprint density at radius 1 is 1.50 bits per heavy atom. The molecule has 1 aromatic rings. The lowest BCUT2D eigenvalue weighted by molar-refractivity contribution is -0.120. The van der Waals surface area contributed by atoms with Crippen LogP contribution in [0.4, 0.5) is 0 Å². The van der Waals surface area contributed by atoms with Gasteiger partial charge in [0.05, 0.1) is 18.8 Å². The molecular formula is C12H21IN6O. The number of rotatable bonds is 5. The Hall–Kier alpha value is -1.32. The monoisotopic (exact) mass is 392 g/mol. The average molecular weight is 392 g/mol. The van der Waals surface area contributed by atoms with Gasteiger partial charge in [0.25, 0.3) is 0 Å². The third kappa shape index (κ3) is 5.35. The second-order valence-corrected chi connectivity index (χ2v) is 4.57. The predicted octanol–water partition coefficient (Wildman–Crippen LogP) is -0.0183. The van der Waals surface area contributed by atoms with Gasteiger partial charge in [-0.25, -0.2) is 0 Å². The molecule has 20 heavy (non-hydrogen) atoms. The zero-order chi connectivity index (χ0) is 13.7. The van der Waals surface area contributed by atoms with Gasteiger partial charge >= 0.3 is 0 Å². The van der Waals surface area contributed by atoms with E-state index in [1.54, 1.807) is 17.9 Å². The van der Waals surface area contributed by atoms with Gasteiger partial charge in [0.2, 0.25) is 5.91 Å². The summed E-state index contributed by atoms with van der Waals surface area (Å²) in [4.78, 5) is 15.6. The third-order valence-electron chi connectivity index (χ3n) is 2.94. The highest BCUT2D eigenvalue weighted by atomic mass is 127. The zero-order valence-corrected chi connectivity index (χ0v) is 14.0. The van der Waals surface area contributed by atoms with Gasteiger partial charge in [0, 0.05) is 26.3 Å². The van der Waals surface area contributed by atoms with Gasteiger partial charge in [-0.2, -0.15) is 5.10 Å². The minimum Gasteiger partial charge on any atom is -0.352 e. The zero-order valence-electron chi connectivity index (χ0n) is 11.7. The number of guanidine groups is 1. The van der Waals surface area contributed by atoms with Crippen molar-refractivity contribution in [1.29, 1.82) is 0 Å². The molecule has 0 saturated heterocycles. The van der Waals surface area contributed by atoms with Crippen LogP contribution < -0.4 is 16.0 Å². The molecule has 2 rings (SSSR count). The van der Waals surface area contributed by atoms with Crippen LogP contribution in [0.5, 0.6) is 0 Å². The van der Waals surface area contributed by atoms with Gasteiger partial charge in [-0.05, 0) is 18.9 Å². The largest absolute Gasteiger partial charge is 0.352 e. The first-order chi connectivity index (χ1) is 9.19. The highest BCUT2D eigenvalue weighted by Crippen LogP contribution is 2.18. The van der Waals surface area contributed by atoms with E-state index < -0.39 is 0 Å². The second-order valence-electron chi connectivity index (χ2n) is 4.57. The maximum absolute atomic E-state index is 11.5. The number of aromatic nitrogens is 2. The maximum Gasteiger partial charge on any atom is 0.239 e. The van der Waals surface area contributed by atoms with Crippen molar-refractivity contribution in [3.63, 3.8) is 0 Å². The standard InChI is InChI=1S/C12H20N6O.HI/c1-13-12(14-7-10-5-6-16-18(10)2)15-8-11(19)17-9-3-4-9;/h5-6,9H,3-4,7-8H2,1-2H3,(H,17,19)(H2,13,14,15);1H. The van der Waals surface area contributed by atoms with E-state index in [4.69, 9.17) is 0 Å². The molecule has 112 valence electrons. The van der Waals surface area contributed by atoms with Gasteiger partial charge in [-0.1, -0.05) is 0 Å². The van der Waals surface area contributed by atoms with Crippen molar-refractivity contribution in [3.8, 4) is 0 Å². The number of aryl methyl sites for hydroxylation is 1. The van der Waals surface area contributed by atoms with E-state index in [2.05, 4.69) is 26.0 Å². The number of hydrogen-bond donors (Lipinski definition) is 3. The van der Waals surface area contributed by atoms with E-state index in [1.165, 1.54) is 0 Å². The molecule has 7 nitrogen and oxygen atoms in total. The summed E-state index contributed by atoms with van der Waals surface area (Å²) >= 11 is 0. The molecule has 1 heterocycles. The number of aliphatic imine (C=N–C) groups is 1. The lowest BCUT2D eigenvalue weighted by Crippen LogP contribution is -2.43. The Kier molecular flexibility index (Phi) is 6.76. The Bertz CT molecular complexity index is 468.